The van der Waals surface area contributed by atoms with Crippen molar-refractivity contribution in [3.05, 3.63) is 39.4 Å². The lowest BCUT2D eigenvalue weighted by Gasteiger charge is -2.18. The molecule has 0 saturated carbocycles. The van der Waals surface area contributed by atoms with Crippen LogP contribution in [0.5, 0.6) is 0 Å². The third-order valence-electron chi connectivity index (χ3n) is 2.58. The molecule has 9 heteroatoms. The molecule has 1 rings (SSSR count). The Morgan fingerprint density at radius 3 is 2.40 bits per heavy atom. The first-order valence-electron chi connectivity index (χ1n) is 5.40. The van der Waals surface area contributed by atoms with Crippen LogP contribution in [0.3, 0.4) is 0 Å². The van der Waals surface area contributed by atoms with Crippen molar-refractivity contribution in [1.29, 1.82) is 0 Å². The number of benzene rings is 1. The van der Waals surface area contributed by atoms with E-state index in [2.05, 4.69) is 0 Å². The van der Waals surface area contributed by atoms with E-state index in [0.717, 1.165) is 18.2 Å². The monoisotopic (exact) mass is 284 g/mol. The minimum Gasteiger partial charge on any atom is -0.478 e. The van der Waals surface area contributed by atoms with Crippen LogP contribution in [-0.2, 0) is 4.79 Å². The summed E-state index contributed by atoms with van der Waals surface area (Å²) in [5.74, 6) is -2.44. The second-order valence-corrected chi connectivity index (χ2v) is 3.98. The first-order chi connectivity index (χ1) is 9.25. The number of hydrogen-bond donors (Lipinski definition) is 4. The minimum absolute atomic E-state index is 0.532. The summed E-state index contributed by atoms with van der Waals surface area (Å²) < 4.78 is 0. The predicted molar refractivity (Wildman–Crippen MR) is 64.8 cm³/mol. The highest BCUT2D eigenvalue weighted by molar-refractivity contribution is 5.91. The third-order valence-corrected chi connectivity index (χ3v) is 2.58. The van der Waals surface area contributed by atoms with E-state index in [1.54, 1.807) is 0 Å². The van der Waals surface area contributed by atoms with Gasteiger partial charge in [0, 0.05) is 6.07 Å². The standard InChI is InChI=1S/C11H12N2O7/c12-8(15)4-7(14)10(16)9-5(11(17)18)2-1-3-6(9)13(19)20/h1-3,7,10,14,16H,4H2,(H2,12,15)(H,17,18). The van der Waals surface area contributed by atoms with E-state index in [1.807, 2.05) is 0 Å². The Morgan fingerprint density at radius 1 is 1.35 bits per heavy atom. The summed E-state index contributed by atoms with van der Waals surface area (Å²) in [5, 5.41) is 39.3. The first-order valence-corrected chi connectivity index (χ1v) is 5.40. The number of rotatable bonds is 6. The van der Waals surface area contributed by atoms with Gasteiger partial charge < -0.3 is 21.1 Å². The number of carboxylic acids is 1. The Bertz CT molecular complexity index is 525. The summed E-state index contributed by atoms with van der Waals surface area (Å²) in [4.78, 5) is 31.7. The van der Waals surface area contributed by atoms with E-state index < -0.39 is 52.2 Å². The quantitative estimate of drug-likeness (QED) is 0.406. The summed E-state index contributed by atoms with van der Waals surface area (Å²) in [6.45, 7) is 0. The molecule has 5 N–H and O–H groups in total. The first kappa shape index (κ1) is 15.5. The maximum Gasteiger partial charge on any atom is 0.336 e. The van der Waals surface area contributed by atoms with Gasteiger partial charge in [-0.1, -0.05) is 6.07 Å². The van der Waals surface area contributed by atoms with E-state index in [1.165, 1.54) is 0 Å². The summed E-state index contributed by atoms with van der Waals surface area (Å²) in [6, 6.07) is 3.17. The van der Waals surface area contributed by atoms with Gasteiger partial charge >= 0.3 is 5.97 Å². The van der Waals surface area contributed by atoms with Gasteiger partial charge in [-0.15, -0.1) is 0 Å². The molecule has 0 saturated heterocycles. The normalized spacial score (nSPS) is 13.5. The molecule has 108 valence electrons. The Kier molecular flexibility index (Phi) is 4.73. The number of nitrogens with zero attached hydrogens (tertiary/aromatic N) is 1. The van der Waals surface area contributed by atoms with Gasteiger partial charge in [0.2, 0.25) is 5.91 Å². The number of amides is 1. The van der Waals surface area contributed by atoms with Crippen LogP contribution in [0.2, 0.25) is 0 Å². The van der Waals surface area contributed by atoms with E-state index in [-0.39, 0.29) is 0 Å². The molecule has 2 unspecified atom stereocenters. The van der Waals surface area contributed by atoms with Crippen LogP contribution >= 0.6 is 0 Å². The molecule has 9 nitrogen and oxygen atoms in total. The number of nitrogens with two attached hydrogens (primary N) is 1. The van der Waals surface area contributed by atoms with Gasteiger partial charge in [0.15, 0.2) is 0 Å². The van der Waals surface area contributed by atoms with Crippen molar-refractivity contribution >= 4 is 17.6 Å². The zero-order valence-corrected chi connectivity index (χ0v) is 10.1. The number of aliphatic hydroxyl groups excluding tert-OH is 2. The SMILES string of the molecule is NC(=O)CC(O)C(O)c1c(C(=O)O)cccc1[N+](=O)[O-]. The summed E-state index contributed by atoms with van der Waals surface area (Å²) >= 11 is 0. The second-order valence-electron chi connectivity index (χ2n) is 3.98. The van der Waals surface area contributed by atoms with E-state index in [0.29, 0.717) is 0 Å². The van der Waals surface area contributed by atoms with Gasteiger partial charge in [-0.3, -0.25) is 14.9 Å². The maximum atomic E-state index is 11.0. The number of hydrogen-bond acceptors (Lipinski definition) is 6. The van der Waals surface area contributed by atoms with Crippen molar-refractivity contribution in [1.82, 2.24) is 0 Å². The van der Waals surface area contributed by atoms with Gasteiger partial charge in [-0.05, 0) is 6.07 Å². The van der Waals surface area contributed by atoms with E-state index in [9.17, 15) is 29.9 Å². The number of nitro benzene ring substituents is 1. The molecule has 0 spiro atoms. The number of nitro groups is 1. The number of carbonyl (C=O) groups is 2. The average Bonchev–Trinajstić information content (AvgIpc) is 2.35. The van der Waals surface area contributed by atoms with Crippen LogP contribution < -0.4 is 5.73 Å². The molecule has 2 atom stereocenters. The molecule has 20 heavy (non-hydrogen) atoms. The molecule has 0 aliphatic rings. The smallest absolute Gasteiger partial charge is 0.336 e. The van der Waals surface area contributed by atoms with Crippen molar-refractivity contribution in [2.45, 2.75) is 18.6 Å². The molecule has 1 amide bonds. The highest BCUT2D eigenvalue weighted by Crippen LogP contribution is 2.31. The minimum atomic E-state index is -1.92. The summed E-state index contributed by atoms with van der Waals surface area (Å²) in [7, 11) is 0. The largest absolute Gasteiger partial charge is 0.478 e. The van der Waals surface area contributed by atoms with Crippen molar-refractivity contribution in [3.8, 4) is 0 Å². The van der Waals surface area contributed by atoms with Crippen LogP contribution in [0.4, 0.5) is 5.69 Å². The van der Waals surface area contributed by atoms with Crippen molar-refractivity contribution in [2.24, 2.45) is 5.73 Å². The topological polar surface area (TPSA) is 164 Å². The summed E-state index contributed by atoms with van der Waals surface area (Å²) in [5.41, 5.74) is 3.08. The highest BCUT2D eigenvalue weighted by Gasteiger charge is 2.31. The fraction of sp³-hybridized carbons (Fsp3) is 0.273. The predicted octanol–water partition coefficient (Wildman–Crippen LogP) is -0.437. The Balaban J connectivity index is 3.35. The highest BCUT2D eigenvalue weighted by atomic mass is 16.6. The fourth-order valence-corrected chi connectivity index (χ4v) is 1.72. The van der Waals surface area contributed by atoms with Crippen molar-refractivity contribution in [3.63, 3.8) is 0 Å². The molecule has 0 fully saturated rings. The average molecular weight is 284 g/mol. The van der Waals surface area contributed by atoms with E-state index >= 15 is 0 Å². The molecule has 0 aliphatic carbocycles. The third kappa shape index (κ3) is 3.28. The van der Waals surface area contributed by atoms with E-state index in [4.69, 9.17) is 10.8 Å². The molecule has 0 aliphatic heterocycles. The van der Waals surface area contributed by atoms with Crippen LogP contribution in [0.25, 0.3) is 0 Å². The molecular formula is C11H12N2O7. The van der Waals surface area contributed by atoms with Crippen molar-refractivity contribution in [2.75, 3.05) is 0 Å². The molecule has 0 aromatic heterocycles. The Labute approximate surface area is 112 Å². The van der Waals surface area contributed by atoms with Crippen LogP contribution in [-0.4, -0.2) is 38.2 Å². The van der Waals surface area contributed by atoms with Crippen molar-refractivity contribution < 1.29 is 29.8 Å². The van der Waals surface area contributed by atoms with Crippen LogP contribution in [0.15, 0.2) is 18.2 Å². The molecule has 1 aromatic rings. The Hall–Kier alpha value is -2.52. The van der Waals surface area contributed by atoms with Gasteiger partial charge in [0.25, 0.3) is 5.69 Å². The molecule has 0 bridgehead atoms. The van der Waals surface area contributed by atoms with Crippen LogP contribution in [0.1, 0.15) is 28.4 Å². The molecular weight excluding hydrogens is 272 g/mol. The fourth-order valence-electron chi connectivity index (χ4n) is 1.72. The second kappa shape index (κ2) is 6.08. The van der Waals surface area contributed by atoms with Gasteiger partial charge in [-0.2, -0.15) is 0 Å². The molecule has 1 aromatic carbocycles. The maximum absolute atomic E-state index is 11.0. The van der Waals surface area contributed by atoms with Gasteiger partial charge in [-0.25, -0.2) is 4.79 Å². The number of carboxylic acid groups (broad SMARTS) is 1. The number of primary amides is 1. The lowest BCUT2D eigenvalue weighted by Crippen LogP contribution is -2.27. The lowest BCUT2D eigenvalue weighted by atomic mass is 9.95. The van der Waals surface area contributed by atoms with Gasteiger partial charge in [0.1, 0.15) is 6.10 Å². The zero-order valence-electron chi connectivity index (χ0n) is 10.1. The number of aliphatic hydroxyl groups is 2. The number of aromatic carboxylic acids is 1. The summed E-state index contributed by atoms with van der Waals surface area (Å²) in [6.07, 6.45) is -4.33. The molecule has 0 heterocycles. The molecule has 0 radical (unpaired) electrons. The number of carbonyl (C=O) groups excluding carboxylic acids is 1. The van der Waals surface area contributed by atoms with Gasteiger partial charge in [0.05, 0.1) is 28.6 Å². The lowest BCUT2D eigenvalue weighted by molar-refractivity contribution is -0.386. The van der Waals surface area contributed by atoms with Crippen LogP contribution in [0, 0.1) is 10.1 Å². The Morgan fingerprint density at radius 2 is 1.95 bits per heavy atom. The zero-order chi connectivity index (χ0) is 15.4.